The molecule has 140 valence electrons. The van der Waals surface area contributed by atoms with Crippen LogP contribution in [-0.4, -0.2) is 24.6 Å². The van der Waals surface area contributed by atoms with Gasteiger partial charge in [0.05, 0.1) is 11.1 Å². The van der Waals surface area contributed by atoms with Crippen molar-refractivity contribution >= 4 is 16.8 Å². The summed E-state index contributed by atoms with van der Waals surface area (Å²) < 4.78 is 1.53. The molecule has 0 radical (unpaired) electrons. The molecule has 1 aliphatic carbocycles. The molecule has 0 unspecified atom stereocenters. The van der Waals surface area contributed by atoms with Crippen molar-refractivity contribution in [3.63, 3.8) is 0 Å². The third-order valence-corrected chi connectivity index (χ3v) is 5.74. The summed E-state index contributed by atoms with van der Waals surface area (Å²) in [6.45, 7) is 1.79. The molecule has 3 aromatic heterocycles. The van der Waals surface area contributed by atoms with E-state index in [-0.39, 0.29) is 5.56 Å². The van der Waals surface area contributed by atoms with Crippen molar-refractivity contribution in [3.8, 4) is 22.4 Å². The van der Waals surface area contributed by atoms with Gasteiger partial charge in [0.1, 0.15) is 5.82 Å². The van der Waals surface area contributed by atoms with E-state index < -0.39 is 0 Å². The number of aromatic nitrogens is 5. The van der Waals surface area contributed by atoms with Gasteiger partial charge >= 0.3 is 0 Å². The molecule has 29 heavy (non-hydrogen) atoms. The summed E-state index contributed by atoms with van der Waals surface area (Å²) in [4.78, 5) is 23.1. The van der Waals surface area contributed by atoms with Gasteiger partial charge in [-0.15, -0.1) is 0 Å². The van der Waals surface area contributed by atoms with E-state index in [1.54, 1.807) is 6.92 Å². The molecule has 0 saturated heterocycles. The Bertz CT molecular complexity index is 1480. The third kappa shape index (κ3) is 2.23. The van der Waals surface area contributed by atoms with Gasteiger partial charge in [-0.3, -0.25) is 4.79 Å². The van der Waals surface area contributed by atoms with Gasteiger partial charge in [0.15, 0.2) is 5.65 Å². The van der Waals surface area contributed by atoms with E-state index >= 15 is 0 Å². The maximum Gasteiger partial charge on any atom is 0.270 e. The number of aromatic amines is 1. The van der Waals surface area contributed by atoms with E-state index in [1.807, 2.05) is 36.4 Å². The van der Waals surface area contributed by atoms with Gasteiger partial charge < -0.3 is 0 Å². The molecule has 2 aromatic carbocycles. The average Bonchev–Trinajstić information content (AvgIpc) is 3.13. The van der Waals surface area contributed by atoms with Gasteiger partial charge in [0, 0.05) is 11.1 Å². The number of benzene rings is 2. The van der Waals surface area contributed by atoms with Crippen molar-refractivity contribution in [1.29, 1.82) is 0 Å². The number of H-pyrrole nitrogens is 1. The van der Waals surface area contributed by atoms with E-state index in [2.05, 4.69) is 33.4 Å². The van der Waals surface area contributed by atoms with Gasteiger partial charge in [-0.1, -0.05) is 54.6 Å². The molecule has 6 rings (SSSR count). The third-order valence-electron chi connectivity index (χ3n) is 5.74. The van der Waals surface area contributed by atoms with Crippen LogP contribution in [0.3, 0.4) is 0 Å². The minimum Gasteiger partial charge on any atom is -0.268 e. The highest BCUT2D eigenvalue weighted by Crippen LogP contribution is 2.40. The number of rotatable bonds is 1. The van der Waals surface area contributed by atoms with Crippen LogP contribution in [0, 0.1) is 6.92 Å². The normalized spacial score (nSPS) is 12.9. The monoisotopic (exact) mass is 379 g/mol. The molecular formula is C23H17N5O. The Kier molecular flexibility index (Phi) is 3.26. The van der Waals surface area contributed by atoms with E-state index in [4.69, 9.17) is 4.98 Å². The zero-order chi connectivity index (χ0) is 19.5. The number of aryl methyl sites for hydroxylation is 2. The quantitative estimate of drug-likeness (QED) is 0.482. The molecule has 0 fully saturated rings. The molecule has 0 spiro atoms. The van der Waals surface area contributed by atoms with Crippen LogP contribution in [0.2, 0.25) is 0 Å². The second-order valence-corrected chi connectivity index (χ2v) is 7.38. The fourth-order valence-corrected chi connectivity index (χ4v) is 4.43. The van der Waals surface area contributed by atoms with Crippen molar-refractivity contribution in [1.82, 2.24) is 24.6 Å². The average molecular weight is 379 g/mol. The summed E-state index contributed by atoms with van der Waals surface area (Å²) in [6.07, 6.45) is 1.77. The lowest BCUT2D eigenvalue weighted by molar-refractivity contribution is 0.930. The van der Waals surface area contributed by atoms with Crippen molar-refractivity contribution < 1.29 is 0 Å². The molecule has 1 aliphatic rings. The molecule has 1 N–H and O–H groups in total. The van der Waals surface area contributed by atoms with Crippen LogP contribution in [0.25, 0.3) is 39.2 Å². The van der Waals surface area contributed by atoms with Crippen LogP contribution >= 0.6 is 0 Å². The summed E-state index contributed by atoms with van der Waals surface area (Å²) in [5.41, 5.74) is 6.70. The first kappa shape index (κ1) is 16.2. The summed E-state index contributed by atoms with van der Waals surface area (Å²) >= 11 is 0. The Hall–Kier alpha value is -3.80. The topological polar surface area (TPSA) is 75.9 Å². The Labute approximate surface area is 165 Å². The smallest absolute Gasteiger partial charge is 0.268 e. The number of nitrogens with zero attached hydrogens (tertiary/aromatic N) is 4. The van der Waals surface area contributed by atoms with Crippen LogP contribution < -0.4 is 5.56 Å². The number of fused-ring (bicyclic) bond motifs is 5. The van der Waals surface area contributed by atoms with E-state index in [9.17, 15) is 4.79 Å². The highest BCUT2D eigenvalue weighted by Gasteiger charge is 2.26. The van der Waals surface area contributed by atoms with Crippen LogP contribution in [0.5, 0.6) is 0 Å². The molecule has 0 saturated carbocycles. The van der Waals surface area contributed by atoms with Crippen molar-refractivity contribution in [2.45, 2.75) is 19.8 Å². The van der Waals surface area contributed by atoms with Crippen LogP contribution in [0.4, 0.5) is 0 Å². The van der Waals surface area contributed by atoms with Crippen LogP contribution in [0.1, 0.15) is 17.0 Å². The number of pyridine rings is 1. The molecule has 0 aliphatic heterocycles. The minimum absolute atomic E-state index is 0.135. The maximum absolute atomic E-state index is 13.5. The molecule has 6 nitrogen and oxygen atoms in total. The van der Waals surface area contributed by atoms with Crippen molar-refractivity contribution in [2.75, 3.05) is 0 Å². The summed E-state index contributed by atoms with van der Waals surface area (Å²) in [5, 5.41) is 7.56. The highest BCUT2D eigenvalue weighted by atomic mass is 16.1. The predicted molar refractivity (Wildman–Crippen MR) is 112 cm³/mol. The SMILES string of the molecule is Cc1n[nH]c2nc3nc4c(c(-c5ccccc5)c3c(=O)n12)CCc1ccccc1-4. The first-order valence-corrected chi connectivity index (χ1v) is 9.66. The Morgan fingerprint density at radius 2 is 1.76 bits per heavy atom. The predicted octanol–water partition coefficient (Wildman–Crippen LogP) is 3.71. The standard InChI is InChI=1S/C23H17N5O/c1-13-26-27-23-25-21-19(22(29)28(13)23)18(15-8-3-2-4-9-15)17-12-11-14-7-5-6-10-16(14)20(17)24-21/h2-10H,11-12H2,1H3,(H,24,25,27). The minimum atomic E-state index is -0.135. The Balaban J connectivity index is 1.85. The largest absolute Gasteiger partial charge is 0.270 e. The fourth-order valence-electron chi connectivity index (χ4n) is 4.43. The zero-order valence-electron chi connectivity index (χ0n) is 15.8. The molecular weight excluding hydrogens is 362 g/mol. The lowest BCUT2D eigenvalue weighted by Crippen LogP contribution is -2.19. The van der Waals surface area contributed by atoms with Gasteiger partial charge in [0.2, 0.25) is 5.78 Å². The summed E-state index contributed by atoms with van der Waals surface area (Å²) in [6, 6.07) is 18.4. The van der Waals surface area contributed by atoms with Gasteiger partial charge in [0.25, 0.3) is 5.56 Å². The molecule has 0 bridgehead atoms. The first-order chi connectivity index (χ1) is 14.2. The summed E-state index contributed by atoms with van der Waals surface area (Å²) in [7, 11) is 0. The summed E-state index contributed by atoms with van der Waals surface area (Å²) in [5.74, 6) is 0.997. The first-order valence-electron chi connectivity index (χ1n) is 9.66. The molecule has 5 aromatic rings. The number of nitrogens with one attached hydrogen (secondary N) is 1. The van der Waals surface area contributed by atoms with E-state index in [0.717, 1.165) is 40.8 Å². The van der Waals surface area contributed by atoms with Crippen molar-refractivity contribution in [2.24, 2.45) is 0 Å². The highest BCUT2D eigenvalue weighted by molar-refractivity contribution is 5.98. The molecule has 0 atom stereocenters. The van der Waals surface area contributed by atoms with Gasteiger partial charge in [-0.05, 0) is 36.5 Å². The van der Waals surface area contributed by atoms with Crippen molar-refractivity contribution in [3.05, 3.63) is 81.9 Å². The lowest BCUT2D eigenvalue weighted by atomic mass is 9.84. The van der Waals surface area contributed by atoms with Crippen LogP contribution in [-0.2, 0) is 12.8 Å². The Morgan fingerprint density at radius 1 is 0.966 bits per heavy atom. The Morgan fingerprint density at radius 3 is 2.62 bits per heavy atom. The maximum atomic E-state index is 13.5. The number of hydrogen-bond acceptors (Lipinski definition) is 4. The van der Waals surface area contributed by atoms with Gasteiger partial charge in [-0.25, -0.2) is 14.5 Å². The van der Waals surface area contributed by atoms with E-state index in [0.29, 0.717) is 22.6 Å². The number of hydrogen-bond donors (Lipinski definition) is 1. The molecule has 3 heterocycles. The second kappa shape index (κ2) is 5.85. The molecule has 6 heteroatoms. The fraction of sp³-hybridized carbons (Fsp3) is 0.130. The zero-order valence-corrected chi connectivity index (χ0v) is 15.8. The second-order valence-electron chi connectivity index (χ2n) is 7.38. The van der Waals surface area contributed by atoms with Crippen LogP contribution in [0.15, 0.2) is 59.4 Å². The van der Waals surface area contributed by atoms with Gasteiger partial charge in [-0.2, -0.15) is 10.1 Å². The molecule has 0 amide bonds. The lowest BCUT2D eigenvalue weighted by Gasteiger charge is -2.23. The van der Waals surface area contributed by atoms with E-state index in [1.165, 1.54) is 9.96 Å².